The zero-order chi connectivity index (χ0) is 6.73. The molecule has 0 unspecified atom stereocenters. The number of hydrogen-bond donors (Lipinski definition) is 2. The molecule has 0 aliphatic heterocycles. The summed E-state index contributed by atoms with van der Waals surface area (Å²) in [5.41, 5.74) is 5.16. The van der Waals surface area contributed by atoms with Gasteiger partial charge in [-0.25, -0.2) is 0 Å². The van der Waals surface area contributed by atoms with Gasteiger partial charge in [-0.1, -0.05) is 13.8 Å². The fraction of sp³-hybridized carbons (Fsp3) is 0.800. The van der Waals surface area contributed by atoms with Gasteiger partial charge in [0.25, 0.3) is 0 Å². The summed E-state index contributed by atoms with van der Waals surface area (Å²) in [7, 11) is 0. The van der Waals surface area contributed by atoms with Crippen LogP contribution in [0, 0.1) is 5.92 Å². The van der Waals surface area contributed by atoms with Crippen LogP contribution >= 0.6 is 0 Å². The molecule has 0 aromatic rings. The van der Waals surface area contributed by atoms with Gasteiger partial charge in [0.2, 0.25) is 0 Å². The Labute approximate surface area is 69.5 Å². The molecule has 4 heteroatoms. The maximum absolute atomic E-state index is 10.0. The van der Waals surface area contributed by atoms with Crippen molar-refractivity contribution in [1.82, 2.24) is 0 Å². The van der Waals surface area contributed by atoms with Crippen molar-refractivity contribution < 1.29 is 31.6 Å². The van der Waals surface area contributed by atoms with E-state index in [1.165, 1.54) is 0 Å². The smallest absolute Gasteiger partial charge is 0.320 e. The summed E-state index contributed by atoms with van der Waals surface area (Å²) in [4.78, 5) is 10.0. The summed E-state index contributed by atoms with van der Waals surface area (Å²) in [6, 6.07) is -0.713. The Morgan fingerprint density at radius 1 is 1.56 bits per heavy atom. The summed E-state index contributed by atoms with van der Waals surface area (Å²) in [5, 5.41) is 8.23. The normalized spacial score (nSPS) is 12.4. The molecule has 0 spiro atoms. The Morgan fingerprint density at radius 3 is 1.89 bits per heavy atom. The van der Waals surface area contributed by atoms with E-state index >= 15 is 0 Å². The van der Waals surface area contributed by atoms with Crippen molar-refractivity contribution in [2.45, 2.75) is 19.9 Å². The topological polar surface area (TPSA) is 63.3 Å². The summed E-state index contributed by atoms with van der Waals surface area (Å²) in [6.45, 7) is 3.55. The molecule has 0 radical (unpaired) electrons. The molecule has 9 heavy (non-hydrogen) atoms. The first-order valence-corrected chi connectivity index (χ1v) is 2.54. The van der Waals surface area contributed by atoms with Crippen LogP contribution in [0.5, 0.6) is 0 Å². The zero-order valence-corrected chi connectivity index (χ0v) is 7.15. The summed E-state index contributed by atoms with van der Waals surface area (Å²) >= 11 is 0. The van der Waals surface area contributed by atoms with Crippen LogP contribution in [0.2, 0.25) is 0 Å². The fourth-order valence-electron chi connectivity index (χ4n) is 0.285. The molecule has 0 saturated heterocycles. The van der Waals surface area contributed by atoms with Crippen LogP contribution in [0.3, 0.4) is 0 Å². The van der Waals surface area contributed by atoms with Crippen molar-refractivity contribution >= 4 is 5.97 Å². The SMILES string of the molecule is CC(C)[C@H](N)C(=O)O.[Ti]. The summed E-state index contributed by atoms with van der Waals surface area (Å²) < 4.78 is 0. The van der Waals surface area contributed by atoms with Crippen molar-refractivity contribution in [2.24, 2.45) is 11.7 Å². The second-order valence-corrected chi connectivity index (χ2v) is 2.11. The first-order chi connectivity index (χ1) is 3.55. The second kappa shape index (κ2) is 4.97. The zero-order valence-electron chi connectivity index (χ0n) is 5.59. The maximum atomic E-state index is 10.0. The molecular formula is C5H11NO2Ti. The maximum Gasteiger partial charge on any atom is 0.320 e. The first-order valence-electron chi connectivity index (χ1n) is 2.54. The standard InChI is InChI=1S/C5H11NO2.Ti/c1-3(2)4(6)5(7)8;/h3-4H,6H2,1-2H3,(H,7,8);/t4-;/m0./s1. The van der Waals surface area contributed by atoms with E-state index in [1.54, 1.807) is 13.8 Å². The van der Waals surface area contributed by atoms with E-state index < -0.39 is 12.0 Å². The van der Waals surface area contributed by atoms with Crippen LogP contribution < -0.4 is 5.73 Å². The molecule has 0 bridgehead atoms. The van der Waals surface area contributed by atoms with Crippen LogP contribution in [0.4, 0.5) is 0 Å². The van der Waals surface area contributed by atoms with Crippen molar-refractivity contribution in [1.29, 1.82) is 0 Å². The molecule has 0 aromatic heterocycles. The van der Waals surface area contributed by atoms with E-state index in [1.807, 2.05) is 0 Å². The summed E-state index contributed by atoms with van der Waals surface area (Å²) in [5.74, 6) is -0.910. The van der Waals surface area contributed by atoms with E-state index in [-0.39, 0.29) is 27.6 Å². The van der Waals surface area contributed by atoms with Crippen molar-refractivity contribution in [3.05, 3.63) is 0 Å². The Kier molecular flexibility index (Phi) is 6.56. The number of rotatable bonds is 2. The molecule has 0 rings (SSSR count). The molecule has 0 fully saturated rings. The van der Waals surface area contributed by atoms with Gasteiger partial charge in [-0.05, 0) is 5.92 Å². The van der Waals surface area contributed by atoms with Gasteiger partial charge in [0, 0.05) is 21.7 Å². The van der Waals surface area contributed by atoms with Crippen molar-refractivity contribution in [2.75, 3.05) is 0 Å². The predicted molar refractivity (Wildman–Crippen MR) is 30.4 cm³/mol. The average Bonchev–Trinajstić information content (AvgIpc) is 1.64. The van der Waals surface area contributed by atoms with Crippen LogP contribution in [-0.4, -0.2) is 17.1 Å². The average molecular weight is 165 g/mol. The van der Waals surface area contributed by atoms with Gasteiger partial charge in [0.1, 0.15) is 6.04 Å². The Morgan fingerprint density at radius 2 is 1.89 bits per heavy atom. The number of carbonyl (C=O) groups is 1. The van der Waals surface area contributed by atoms with Crippen LogP contribution in [0.25, 0.3) is 0 Å². The molecule has 0 amide bonds. The van der Waals surface area contributed by atoms with E-state index in [0.717, 1.165) is 0 Å². The molecule has 0 aliphatic carbocycles. The van der Waals surface area contributed by atoms with E-state index in [4.69, 9.17) is 10.8 Å². The van der Waals surface area contributed by atoms with Gasteiger partial charge in [-0.2, -0.15) is 0 Å². The van der Waals surface area contributed by atoms with Gasteiger partial charge in [0.15, 0.2) is 0 Å². The molecule has 3 N–H and O–H groups in total. The molecular weight excluding hydrogens is 154 g/mol. The molecule has 0 aliphatic rings. The third kappa shape index (κ3) is 4.64. The summed E-state index contributed by atoms with van der Waals surface area (Å²) in [6.07, 6.45) is 0. The molecule has 52 valence electrons. The molecule has 0 aromatic carbocycles. The molecule has 0 saturated carbocycles. The van der Waals surface area contributed by atoms with E-state index in [9.17, 15) is 4.79 Å². The van der Waals surface area contributed by atoms with E-state index in [2.05, 4.69) is 0 Å². The van der Waals surface area contributed by atoms with Gasteiger partial charge < -0.3 is 10.8 Å². The van der Waals surface area contributed by atoms with Crippen molar-refractivity contribution in [3.63, 3.8) is 0 Å². The first kappa shape index (κ1) is 11.9. The third-order valence-electron chi connectivity index (χ3n) is 1.00. The number of carboxylic acid groups (broad SMARTS) is 1. The minimum absolute atomic E-state index is 0. The second-order valence-electron chi connectivity index (χ2n) is 2.11. The van der Waals surface area contributed by atoms with Gasteiger partial charge >= 0.3 is 5.97 Å². The molecule has 3 nitrogen and oxygen atoms in total. The largest absolute Gasteiger partial charge is 0.480 e. The number of hydrogen-bond acceptors (Lipinski definition) is 2. The Balaban J connectivity index is 0. The minimum Gasteiger partial charge on any atom is -0.480 e. The van der Waals surface area contributed by atoms with Crippen molar-refractivity contribution in [3.8, 4) is 0 Å². The number of carboxylic acids is 1. The number of aliphatic carboxylic acids is 1. The molecule has 1 atom stereocenters. The number of nitrogens with two attached hydrogens (primary N) is 1. The van der Waals surface area contributed by atoms with Crippen LogP contribution in [-0.2, 0) is 26.5 Å². The minimum atomic E-state index is -0.931. The quantitative estimate of drug-likeness (QED) is 0.568. The van der Waals surface area contributed by atoms with Gasteiger partial charge in [0.05, 0.1) is 0 Å². The Bertz CT molecular complexity index is 95.0. The van der Waals surface area contributed by atoms with Gasteiger partial charge in [-0.3, -0.25) is 4.79 Å². The molecule has 0 heterocycles. The monoisotopic (exact) mass is 165 g/mol. The fourth-order valence-corrected chi connectivity index (χ4v) is 0.285. The Hall–Kier alpha value is 0.144. The van der Waals surface area contributed by atoms with Crippen LogP contribution in [0.1, 0.15) is 13.8 Å². The third-order valence-corrected chi connectivity index (χ3v) is 1.00. The van der Waals surface area contributed by atoms with E-state index in [0.29, 0.717) is 0 Å². The van der Waals surface area contributed by atoms with Crippen LogP contribution in [0.15, 0.2) is 0 Å². The van der Waals surface area contributed by atoms with Gasteiger partial charge in [-0.15, -0.1) is 0 Å². The predicted octanol–water partition coefficient (Wildman–Crippen LogP) is 0.0518.